The molecule has 0 atom stereocenters. The second-order valence-corrected chi connectivity index (χ2v) is 14.2. The van der Waals surface area contributed by atoms with Crippen molar-refractivity contribution in [2.45, 2.75) is 40.5 Å². The molecule has 0 amide bonds. The van der Waals surface area contributed by atoms with Gasteiger partial charge in [0.05, 0.1) is 16.4 Å². The largest absolute Gasteiger partial charge is 0.369 e. The second kappa shape index (κ2) is 8.22. The summed E-state index contributed by atoms with van der Waals surface area (Å²) in [6.07, 6.45) is 6.02. The van der Waals surface area contributed by atoms with Crippen molar-refractivity contribution < 1.29 is 16.8 Å². The Balaban J connectivity index is 1.60. The summed E-state index contributed by atoms with van der Waals surface area (Å²) in [7, 11) is -4.85. The van der Waals surface area contributed by atoms with Crippen molar-refractivity contribution in [1.82, 2.24) is 4.31 Å². The molecule has 2 heterocycles. The van der Waals surface area contributed by atoms with Crippen LogP contribution in [0.5, 0.6) is 0 Å². The van der Waals surface area contributed by atoms with Gasteiger partial charge < -0.3 is 4.90 Å². The maximum Gasteiger partial charge on any atom is 0.271 e. The highest BCUT2D eigenvalue weighted by molar-refractivity contribution is 7.96. The van der Waals surface area contributed by atoms with Crippen LogP contribution in [0.1, 0.15) is 32.1 Å². The molecular weight excluding hydrogens is 478 g/mol. The van der Waals surface area contributed by atoms with Crippen LogP contribution in [0, 0.1) is 5.41 Å². The zero-order chi connectivity index (χ0) is 22.4. The second-order valence-electron chi connectivity index (χ2n) is 8.44. The molecule has 1 aromatic heterocycles. The lowest BCUT2D eigenvalue weighted by Gasteiger charge is -2.48. The molecule has 0 bridgehead atoms. The van der Waals surface area contributed by atoms with Crippen molar-refractivity contribution in [2.75, 3.05) is 36.8 Å². The van der Waals surface area contributed by atoms with Crippen molar-refractivity contribution >= 4 is 54.4 Å². The first-order valence-corrected chi connectivity index (χ1v) is 14.2. The number of anilines is 2. The van der Waals surface area contributed by atoms with Crippen molar-refractivity contribution in [3.8, 4) is 0 Å². The van der Waals surface area contributed by atoms with Crippen molar-refractivity contribution in [3.63, 3.8) is 0 Å². The van der Waals surface area contributed by atoms with Crippen LogP contribution in [0.25, 0.3) is 0 Å². The fraction of sp³-hybridized carbons (Fsp3) is 0.500. The highest BCUT2D eigenvalue weighted by atomic mass is 35.5. The number of sulfonamides is 2. The summed E-state index contributed by atoms with van der Waals surface area (Å²) in [5, 5.41) is 0.492. The normalized spacial score (nSPS) is 18.9. The predicted octanol–water partition coefficient (Wildman–Crippen LogP) is 4.22. The number of halogens is 1. The van der Waals surface area contributed by atoms with E-state index >= 15 is 0 Å². The summed E-state index contributed by atoms with van der Waals surface area (Å²) in [4.78, 5) is 2.15. The molecule has 31 heavy (non-hydrogen) atoms. The standard InChI is InChI=1S/C20H26ClN3O4S3/c1-23(2)31(27,28)18-8-7-17(29-18)30(25,26)22-16-6-3-5-15(21)19(16)24-13-11-20(12-14-24)9-4-10-20/h3,5-8,22H,4,9-14H2,1-2H3. The molecular formula is C20H26ClN3O4S3. The van der Waals surface area contributed by atoms with E-state index in [0.717, 1.165) is 41.6 Å². The minimum atomic E-state index is -3.97. The fourth-order valence-electron chi connectivity index (χ4n) is 4.26. The van der Waals surface area contributed by atoms with Crippen molar-refractivity contribution in [2.24, 2.45) is 5.41 Å². The number of para-hydroxylation sites is 1. The quantitative estimate of drug-likeness (QED) is 0.637. The van der Waals surface area contributed by atoms with Gasteiger partial charge in [-0.2, -0.15) is 0 Å². The van der Waals surface area contributed by atoms with Gasteiger partial charge in [0.2, 0.25) is 0 Å². The summed E-state index contributed by atoms with van der Waals surface area (Å²) in [5.41, 5.74) is 1.55. The molecule has 4 rings (SSSR count). The summed E-state index contributed by atoms with van der Waals surface area (Å²) >= 11 is 7.22. The van der Waals surface area contributed by atoms with Gasteiger partial charge in [-0.15, -0.1) is 11.3 Å². The lowest BCUT2D eigenvalue weighted by Crippen LogP contribution is -2.43. The zero-order valence-electron chi connectivity index (χ0n) is 17.5. The number of nitrogens with one attached hydrogen (secondary N) is 1. The molecule has 0 unspecified atom stereocenters. The van der Waals surface area contributed by atoms with Gasteiger partial charge >= 0.3 is 0 Å². The molecule has 1 saturated heterocycles. The monoisotopic (exact) mass is 503 g/mol. The van der Waals surface area contributed by atoms with E-state index in [1.54, 1.807) is 18.2 Å². The summed E-state index contributed by atoms with van der Waals surface area (Å²) in [5.74, 6) is 0. The Bertz CT molecular complexity index is 1180. The average Bonchev–Trinajstić information content (AvgIpc) is 3.19. The van der Waals surface area contributed by atoms with Crippen LogP contribution in [0.4, 0.5) is 11.4 Å². The number of nitrogens with zero attached hydrogens (tertiary/aromatic N) is 2. The molecule has 2 fully saturated rings. The lowest BCUT2D eigenvalue weighted by atomic mass is 9.63. The molecule has 1 spiro atoms. The average molecular weight is 504 g/mol. The lowest BCUT2D eigenvalue weighted by molar-refractivity contribution is 0.0955. The molecule has 1 saturated carbocycles. The zero-order valence-corrected chi connectivity index (χ0v) is 20.7. The Kier molecular flexibility index (Phi) is 6.06. The van der Waals surface area contributed by atoms with Gasteiger partial charge in [-0.25, -0.2) is 21.1 Å². The number of piperidine rings is 1. The maximum absolute atomic E-state index is 13.0. The smallest absolute Gasteiger partial charge is 0.271 e. The van der Waals surface area contributed by atoms with Gasteiger partial charge in [0.15, 0.2) is 0 Å². The molecule has 1 aliphatic heterocycles. The number of rotatable bonds is 6. The van der Waals surface area contributed by atoms with E-state index in [2.05, 4.69) is 9.62 Å². The van der Waals surface area contributed by atoms with E-state index in [9.17, 15) is 16.8 Å². The number of benzene rings is 1. The van der Waals surface area contributed by atoms with E-state index < -0.39 is 20.0 Å². The number of thiophene rings is 1. The van der Waals surface area contributed by atoms with E-state index in [1.807, 2.05) is 0 Å². The van der Waals surface area contributed by atoms with Crippen LogP contribution in [-0.2, 0) is 20.0 Å². The Morgan fingerprint density at radius 3 is 2.23 bits per heavy atom. The van der Waals surface area contributed by atoms with Crippen molar-refractivity contribution in [1.29, 1.82) is 0 Å². The van der Waals surface area contributed by atoms with Gasteiger partial charge in [0, 0.05) is 27.2 Å². The van der Waals surface area contributed by atoms with Crippen molar-refractivity contribution in [3.05, 3.63) is 35.4 Å². The number of hydrogen-bond donors (Lipinski definition) is 1. The summed E-state index contributed by atoms with van der Waals surface area (Å²) in [6, 6.07) is 7.79. The first-order chi connectivity index (χ1) is 14.5. The van der Waals surface area contributed by atoms with E-state index in [1.165, 1.54) is 45.5 Å². The SMILES string of the molecule is CN(C)S(=O)(=O)c1ccc(S(=O)(=O)Nc2cccc(Cl)c2N2CCC3(CCC3)CC2)s1. The first kappa shape index (κ1) is 22.8. The van der Waals surface area contributed by atoms with Crippen LogP contribution >= 0.6 is 22.9 Å². The Labute approximate surface area is 193 Å². The molecule has 1 aliphatic carbocycles. The highest BCUT2D eigenvalue weighted by Gasteiger charge is 2.40. The molecule has 2 aliphatic rings. The maximum atomic E-state index is 13.0. The molecule has 11 heteroatoms. The van der Waals surface area contributed by atoms with E-state index in [-0.39, 0.29) is 8.42 Å². The first-order valence-electron chi connectivity index (χ1n) is 10.1. The topological polar surface area (TPSA) is 86.8 Å². The van der Waals surface area contributed by atoms with Gasteiger partial charge in [0.25, 0.3) is 20.0 Å². The van der Waals surface area contributed by atoms with Crippen LogP contribution in [0.2, 0.25) is 5.02 Å². The van der Waals surface area contributed by atoms with Crippen LogP contribution < -0.4 is 9.62 Å². The van der Waals surface area contributed by atoms with Gasteiger partial charge in [-0.05, 0) is 55.4 Å². The highest BCUT2D eigenvalue weighted by Crippen LogP contribution is 2.50. The summed E-state index contributed by atoms with van der Waals surface area (Å²) in [6.45, 7) is 1.67. The van der Waals surface area contributed by atoms with E-state index in [0.29, 0.717) is 21.8 Å². The van der Waals surface area contributed by atoms with E-state index in [4.69, 9.17) is 11.6 Å². The third-order valence-electron chi connectivity index (χ3n) is 6.34. The minimum Gasteiger partial charge on any atom is -0.369 e. The van der Waals surface area contributed by atoms with Crippen LogP contribution in [-0.4, -0.2) is 48.3 Å². The predicted molar refractivity (Wildman–Crippen MR) is 125 cm³/mol. The molecule has 7 nitrogen and oxygen atoms in total. The fourth-order valence-corrected chi connectivity index (χ4v) is 8.56. The Morgan fingerprint density at radius 1 is 1.00 bits per heavy atom. The molecule has 1 N–H and O–H groups in total. The minimum absolute atomic E-state index is 0.0222. The Morgan fingerprint density at radius 2 is 1.65 bits per heavy atom. The van der Waals surface area contributed by atoms with Crippen LogP contribution in [0.15, 0.2) is 38.8 Å². The van der Waals surface area contributed by atoms with Gasteiger partial charge in [-0.1, -0.05) is 24.1 Å². The Hall–Kier alpha value is -1.33. The van der Waals surface area contributed by atoms with Gasteiger partial charge in [-0.3, -0.25) is 4.72 Å². The van der Waals surface area contributed by atoms with Crippen LogP contribution in [0.3, 0.4) is 0 Å². The number of hydrogen-bond acceptors (Lipinski definition) is 6. The molecule has 2 aromatic rings. The molecule has 0 radical (unpaired) electrons. The molecule has 170 valence electrons. The summed E-state index contributed by atoms with van der Waals surface area (Å²) < 4.78 is 54.3. The van der Waals surface area contributed by atoms with Gasteiger partial charge in [0.1, 0.15) is 8.42 Å². The third-order valence-corrected chi connectivity index (χ3v) is 11.9. The molecule has 1 aromatic carbocycles. The third kappa shape index (κ3) is 4.32.